The van der Waals surface area contributed by atoms with Gasteiger partial charge in [0, 0.05) is 17.0 Å². The second-order valence-corrected chi connectivity index (χ2v) is 10.1. The predicted octanol–water partition coefficient (Wildman–Crippen LogP) is 5.94. The molecule has 2 unspecified atom stereocenters. The Kier molecular flexibility index (Phi) is 8.74. The number of amides is 1. The Bertz CT molecular complexity index is 1040. The molecule has 2 aromatic carbocycles. The molecule has 2 atom stereocenters. The summed E-state index contributed by atoms with van der Waals surface area (Å²) in [5, 5.41) is 13.1. The predicted molar refractivity (Wildman–Crippen MR) is 133 cm³/mol. The standard InChI is InChI=1S/C28H33ClN2O3/c1-19(31-27(33)28(2,3)34-26(32)22-9-5-4-6-10-22)25(17-20-12-14-24(29)15-13-20)23-11-7-8-21(16-23)18-30/h7-8,11-16,19,22,25H,4-6,9-10,17H2,1-3H3,(H,31,33). The van der Waals surface area contributed by atoms with E-state index in [2.05, 4.69) is 11.4 Å². The van der Waals surface area contributed by atoms with Gasteiger partial charge >= 0.3 is 5.97 Å². The third kappa shape index (κ3) is 6.84. The number of benzene rings is 2. The van der Waals surface area contributed by atoms with E-state index < -0.39 is 5.60 Å². The number of nitrogens with zero attached hydrogens (tertiary/aromatic N) is 1. The van der Waals surface area contributed by atoms with Crippen LogP contribution in [0.2, 0.25) is 5.02 Å². The van der Waals surface area contributed by atoms with E-state index in [0.717, 1.165) is 43.2 Å². The van der Waals surface area contributed by atoms with Gasteiger partial charge in [0.15, 0.2) is 5.60 Å². The minimum atomic E-state index is -1.28. The topological polar surface area (TPSA) is 79.2 Å². The normalized spacial score (nSPS) is 16.2. The van der Waals surface area contributed by atoms with Crippen molar-refractivity contribution in [1.82, 2.24) is 5.32 Å². The van der Waals surface area contributed by atoms with Crippen LogP contribution in [0.15, 0.2) is 48.5 Å². The van der Waals surface area contributed by atoms with E-state index in [1.165, 1.54) is 0 Å². The number of halogens is 1. The van der Waals surface area contributed by atoms with Gasteiger partial charge in [-0.05, 0) is 75.4 Å². The Morgan fingerprint density at radius 1 is 1.15 bits per heavy atom. The van der Waals surface area contributed by atoms with Gasteiger partial charge in [-0.2, -0.15) is 5.26 Å². The lowest BCUT2D eigenvalue weighted by Crippen LogP contribution is -2.50. The van der Waals surface area contributed by atoms with E-state index in [9.17, 15) is 14.9 Å². The molecule has 0 spiro atoms. The molecule has 34 heavy (non-hydrogen) atoms. The van der Waals surface area contributed by atoms with Crippen LogP contribution < -0.4 is 5.32 Å². The van der Waals surface area contributed by atoms with Gasteiger partial charge < -0.3 is 10.1 Å². The number of carbonyl (C=O) groups is 2. The van der Waals surface area contributed by atoms with E-state index in [4.69, 9.17) is 16.3 Å². The van der Waals surface area contributed by atoms with Crippen LogP contribution in [0.3, 0.4) is 0 Å². The molecule has 0 saturated heterocycles. The number of ether oxygens (including phenoxy) is 1. The molecule has 1 saturated carbocycles. The Morgan fingerprint density at radius 3 is 2.47 bits per heavy atom. The zero-order valence-corrected chi connectivity index (χ0v) is 20.9. The van der Waals surface area contributed by atoms with Crippen LogP contribution >= 0.6 is 11.6 Å². The van der Waals surface area contributed by atoms with Gasteiger partial charge in [-0.1, -0.05) is 55.1 Å². The molecule has 3 rings (SSSR count). The second kappa shape index (κ2) is 11.5. The Morgan fingerprint density at radius 2 is 1.82 bits per heavy atom. The van der Waals surface area contributed by atoms with E-state index in [1.807, 2.05) is 49.4 Å². The van der Waals surface area contributed by atoms with Crippen molar-refractivity contribution in [3.63, 3.8) is 0 Å². The van der Waals surface area contributed by atoms with Crippen LogP contribution in [0.25, 0.3) is 0 Å². The van der Waals surface area contributed by atoms with Gasteiger partial charge in [0.25, 0.3) is 5.91 Å². The monoisotopic (exact) mass is 480 g/mol. The van der Waals surface area contributed by atoms with Crippen LogP contribution in [0.5, 0.6) is 0 Å². The maximum atomic E-state index is 13.2. The van der Waals surface area contributed by atoms with Gasteiger partial charge in [0.1, 0.15) is 0 Å². The first kappa shape index (κ1) is 25.8. The van der Waals surface area contributed by atoms with Gasteiger partial charge in [-0.15, -0.1) is 0 Å². The molecule has 1 aliphatic carbocycles. The maximum Gasteiger partial charge on any atom is 0.309 e. The SMILES string of the molecule is CC(NC(=O)C(C)(C)OC(=O)C1CCCCC1)C(Cc1ccc(Cl)cc1)c1cccc(C#N)c1. The summed E-state index contributed by atoms with van der Waals surface area (Å²) >= 11 is 6.05. The number of carbonyl (C=O) groups excluding carboxylic acids is 2. The molecular weight excluding hydrogens is 448 g/mol. The lowest BCUT2D eigenvalue weighted by molar-refractivity contribution is -0.170. The molecule has 1 N–H and O–H groups in total. The fraction of sp³-hybridized carbons (Fsp3) is 0.464. The maximum absolute atomic E-state index is 13.2. The first-order valence-corrected chi connectivity index (χ1v) is 12.4. The van der Waals surface area contributed by atoms with Crippen molar-refractivity contribution < 1.29 is 14.3 Å². The minimum Gasteiger partial charge on any atom is -0.449 e. The van der Waals surface area contributed by atoms with Gasteiger partial charge in [-0.3, -0.25) is 9.59 Å². The molecule has 0 radical (unpaired) electrons. The van der Waals surface area contributed by atoms with Gasteiger partial charge in [-0.25, -0.2) is 0 Å². The summed E-state index contributed by atoms with van der Waals surface area (Å²) in [6.45, 7) is 5.22. The largest absolute Gasteiger partial charge is 0.449 e. The number of rotatable bonds is 8. The molecule has 180 valence electrons. The summed E-state index contributed by atoms with van der Waals surface area (Å²) in [6, 6.07) is 17.0. The summed E-state index contributed by atoms with van der Waals surface area (Å²) in [4.78, 5) is 25.8. The van der Waals surface area contributed by atoms with Crippen LogP contribution in [0, 0.1) is 17.2 Å². The zero-order valence-electron chi connectivity index (χ0n) is 20.1. The average Bonchev–Trinajstić information content (AvgIpc) is 2.83. The molecule has 5 nitrogen and oxygen atoms in total. The Labute approximate surface area is 207 Å². The fourth-order valence-electron chi connectivity index (χ4n) is 4.50. The van der Waals surface area contributed by atoms with E-state index in [1.54, 1.807) is 19.9 Å². The number of hydrogen-bond donors (Lipinski definition) is 1. The van der Waals surface area contributed by atoms with Gasteiger partial charge in [0.2, 0.25) is 0 Å². The van der Waals surface area contributed by atoms with Crippen molar-refractivity contribution in [2.24, 2.45) is 5.92 Å². The lowest BCUT2D eigenvalue weighted by atomic mass is 9.85. The molecule has 1 fully saturated rings. The highest BCUT2D eigenvalue weighted by molar-refractivity contribution is 6.30. The summed E-state index contributed by atoms with van der Waals surface area (Å²) in [7, 11) is 0. The van der Waals surface area contributed by atoms with Crippen molar-refractivity contribution in [3.8, 4) is 6.07 Å². The molecule has 0 heterocycles. The van der Waals surface area contributed by atoms with Crippen molar-refractivity contribution in [2.45, 2.75) is 76.9 Å². The number of esters is 1. The summed E-state index contributed by atoms with van der Waals surface area (Å²) in [5.74, 6) is -0.832. The molecule has 6 heteroatoms. The zero-order chi connectivity index (χ0) is 24.7. The second-order valence-electron chi connectivity index (χ2n) is 9.70. The molecule has 1 aliphatic rings. The van der Waals surface area contributed by atoms with E-state index >= 15 is 0 Å². The molecule has 0 aliphatic heterocycles. The Hall–Kier alpha value is -2.84. The third-order valence-electron chi connectivity index (χ3n) is 6.62. The van der Waals surface area contributed by atoms with Gasteiger partial charge in [0.05, 0.1) is 17.6 Å². The van der Waals surface area contributed by atoms with Crippen LogP contribution in [-0.4, -0.2) is 23.5 Å². The Balaban J connectivity index is 1.75. The van der Waals surface area contributed by atoms with Crippen LogP contribution in [-0.2, 0) is 20.7 Å². The van der Waals surface area contributed by atoms with Crippen molar-refractivity contribution in [3.05, 3.63) is 70.2 Å². The number of hydrogen-bond acceptors (Lipinski definition) is 4. The third-order valence-corrected chi connectivity index (χ3v) is 6.87. The number of nitriles is 1. The van der Waals surface area contributed by atoms with Crippen molar-refractivity contribution in [2.75, 3.05) is 0 Å². The van der Waals surface area contributed by atoms with E-state index in [-0.39, 0.29) is 29.8 Å². The van der Waals surface area contributed by atoms with Crippen molar-refractivity contribution in [1.29, 1.82) is 5.26 Å². The highest BCUT2D eigenvalue weighted by atomic mass is 35.5. The lowest BCUT2D eigenvalue weighted by Gasteiger charge is -2.32. The van der Waals surface area contributed by atoms with E-state index in [0.29, 0.717) is 17.0 Å². The number of nitrogens with one attached hydrogen (secondary N) is 1. The summed E-state index contributed by atoms with van der Waals surface area (Å²) in [5.41, 5.74) is 1.32. The quantitative estimate of drug-likeness (QED) is 0.474. The average molecular weight is 481 g/mol. The molecular formula is C28H33ClN2O3. The highest BCUT2D eigenvalue weighted by Gasteiger charge is 2.36. The molecule has 0 aromatic heterocycles. The summed E-state index contributed by atoms with van der Waals surface area (Å²) in [6.07, 6.45) is 5.49. The minimum absolute atomic E-state index is 0.0942. The molecule has 2 aromatic rings. The molecule has 0 bridgehead atoms. The fourth-order valence-corrected chi connectivity index (χ4v) is 4.62. The smallest absolute Gasteiger partial charge is 0.309 e. The van der Waals surface area contributed by atoms with Crippen LogP contribution in [0.1, 0.15) is 75.5 Å². The first-order valence-electron chi connectivity index (χ1n) is 12.0. The molecule has 1 amide bonds. The van der Waals surface area contributed by atoms with Crippen LogP contribution in [0.4, 0.5) is 0 Å². The van der Waals surface area contributed by atoms with Crippen molar-refractivity contribution >= 4 is 23.5 Å². The summed E-state index contributed by atoms with van der Waals surface area (Å²) < 4.78 is 5.68. The highest BCUT2D eigenvalue weighted by Crippen LogP contribution is 2.29. The first-order chi connectivity index (χ1) is 16.2.